The van der Waals surface area contributed by atoms with Gasteiger partial charge in [-0.3, -0.25) is 9.59 Å². The summed E-state index contributed by atoms with van der Waals surface area (Å²) in [6, 6.07) is 21.7. The molecular formula is C38H42BrNO4. The predicted octanol–water partition coefficient (Wildman–Crippen LogP) is 10.7. The highest BCUT2D eigenvalue weighted by Crippen LogP contribution is 2.29. The first-order valence-corrected chi connectivity index (χ1v) is 15.5. The number of carbonyl (C=O) groups is 2. The van der Waals surface area contributed by atoms with Crippen LogP contribution in [0.5, 0.6) is 23.0 Å². The van der Waals surface area contributed by atoms with Crippen LogP contribution in [-0.4, -0.2) is 16.9 Å². The van der Waals surface area contributed by atoms with Gasteiger partial charge in [0, 0.05) is 18.1 Å². The minimum Gasteiger partial charge on any atom is -0.457 e. The van der Waals surface area contributed by atoms with Gasteiger partial charge in [-0.25, -0.2) is 0 Å². The van der Waals surface area contributed by atoms with E-state index in [0.717, 1.165) is 56.4 Å². The van der Waals surface area contributed by atoms with E-state index in [9.17, 15) is 9.59 Å². The molecule has 0 aliphatic heterocycles. The molecule has 0 spiro atoms. The third-order valence-corrected chi connectivity index (χ3v) is 7.14. The normalized spacial score (nSPS) is 9.95. The average molecular weight is 657 g/mol. The number of carbonyl (C=O) groups excluding carboxylic acids is 2. The zero-order valence-corrected chi connectivity index (χ0v) is 29.0. The van der Waals surface area contributed by atoms with E-state index >= 15 is 0 Å². The molecule has 0 unspecified atom stereocenters. The number of nitrogens with zero attached hydrogens (tertiary/aromatic N) is 1. The second kappa shape index (κ2) is 16.6. The fraction of sp³-hybridized carbons (Fsp3) is 0.289. The minimum atomic E-state index is 0.0953. The smallest absolute Gasteiger partial charge is 0.173 e. The number of alkyl halides is 1. The van der Waals surface area contributed by atoms with Gasteiger partial charge in [-0.15, -0.1) is 0 Å². The van der Waals surface area contributed by atoms with E-state index in [0.29, 0.717) is 5.33 Å². The summed E-state index contributed by atoms with van der Waals surface area (Å²) < 4.78 is 11.9. The molecule has 230 valence electrons. The number of ether oxygens (including phenoxy) is 2. The van der Waals surface area contributed by atoms with E-state index in [1.807, 2.05) is 90.1 Å². The lowest BCUT2D eigenvalue weighted by Gasteiger charge is -2.13. The highest BCUT2D eigenvalue weighted by Gasteiger charge is 2.13. The van der Waals surface area contributed by atoms with Gasteiger partial charge in [-0.2, -0.15) is 5.26 Å². The number of rotatable bonds is 7. The zero-order chi connectivity index (χ0) is 33.1. The van der Waals surface area contributed by atoms with Gasteiger partial charge in [0.15, 0.2) is 11.6 Å². The van der Waals surface area contributed by atoms with Gasteiger partial charge in [0.2, 0.25) is 0 Å². The van der Waals surface area contributed by atoms with E-state index in [1.54, 1.807) is 13.0 Å². The Labute approximate surface area is 271 Å². The molecule has 0 aliphatic carbocycles. The Bertz CT molecular complexity index is 1610. The van der Waals surface area contributed by atoms with Crippen LogP contribution in [0, 0.1) is 66.7 Å². The molecular weight excluding hydrogens is 614 g/mol. The summed E-state index contributed by atoms with van der Waals surface area (Å²) in [5.41, 5.74) is 10.1. The standard InChI is InChI=1S/C18H19BrO2.C18H20O2.C2H3N/c1-11-5-12(2)7-15(6-11)21-16-8-13(3)18(14(4)9-16)17(20)10-19;1-11-6-12(2)8-16(7-11)20-17-9-13(3)18(15(5)19)14(4)10-17;1-2-3/h5-9H,10H2,1-4H3;6-10H,1-5H3;1H3. The molecule has 0 aromatic heterocycles. The van der Waals surface area contributed by atoms with E-state index in [-0.39, 0.29) is 11.6 Å². The topological polar surface area (TPSA) is 76.4 Å². The first kappa shape index (κ1) is 36.0. The number of aryl methyl sites for hydroxylation is 8. The molecule has 44 heavy (non-hydrogen) atoms. The quantitative estimate of drug-likeness (QED) is 0.146. The van der Waals surface area contributed by atoms with Crippen LogP contribution in [0.4, 0.5) is 0 Å². The van der Waals surface area contributed by atoms with Crippen LogP contribution in [0.15, 0.2) is 60.7 Å². The first-order valence-electron chi connectivity index (χ1n) is 14.3. The van der Waals surface area contributed by atoms with Crippen LogP contribution in [0.2, 0.25) is 0 Å². The molecule has 0 N–H and O–H groups in total. The molecule has 6 heteroatoms. The maximum atomic E-state index is 11.9. The van der Waals surface area contributed by atoms with Crippen molar-refractivity contribution >= 4 is 27.5 Å². The van der Waals surface area contributed by atoms with E-state index in [4.69, 9.17) is 14.7 Å². The Morgan fingerprint density at radius 3 is 1.14 bits per heavy atom. The monoisotopic (exact) mass is 655 g/mol. The number of hydrogen-bond donors (Lipinski definition) is 0. The van der Waals surface area contributed by atoms with Gasteiger partial charge in [-0.1, -0.05) is 28.1 Å². The summed E-state index contributed by atoms with van der Waals surface area (Å²) in [5.74, 6) is 3.39. The fourth-order valence-electron chi connectivity index (χ4n) is 5.28. The van der Waals surface area contributed by atoms with Crippen LogP contribution < -0.4 is 9.47 Å². The molecule has 0 radical (unpaired) electrons. The Balaban J connectivity index is 0.000000282. The Morgan fingerprint density at radius 1 is 0.591 bits per heavy atom. The van der Waals surface area contributed by atoms with Crippen molar-refractivity contribution in [2.24, 2.45) is 0 Å². The number of benzene rings is 4. The van der Waals surface area contributed by atoms with Gasteiger partial charge in [0.05, 0.1) is 11.4 Å². The summed E-state index contributed by atoms with van der Waals surface area (Å²) in [5, 5.41) is 7.66. The molecule has 0 heterocycles. The second-order valence-corrected chi connectivity index (χ2v) is 11.6. The van der Waals surface area contributed by atoms with Crippen molar-refractivity contribution < 1.29 is 19.1 Å². The SMILES string of the molecule is CC#N.CC(=O)c1c(C)cc(Oc2cc(C)cc(C)c2)cc1C.Cc1cc(C)cc(Oc2cc(C)c(C(=O)CBr)c(C)c2)c1. The van der Waals surface area contributed by atoms with E-state index in [1.165, 1.54) is 29.2 Å². The van der Waals surface area contributed by atoms with Crippen molar-refractivity contribution in [2.45, 2.75) is 69.2 Å². The van der Waals surface area contributed by atoms with E-state index < -0.39 is 0 Å². The maximum absolute atomic E-state index is 11.9. The van der Waals surface area contributed by atoms with Crippen molar-refractivity contribution in [3.8, 4) is 29.1 Å². The third-order valence-electron chi connectivity index (χ3n) is 6.63. The van der Waals surface area contributed by atoms with Crippen LogP contribution in [0.1, 0.15) is 79.1 Å². The third kappa shape index (κ3) is 10.5. The molecule has 4 aromatic rings. The van der Waals surface area contributed by atoms with E-state index in [2.05, 4.69) is 41.9 Å². The number of nitriles is 1. The molecule has 0 bridgehead atoms. The summed E-state index contributed by atoms with van der Waals surface area (Å²) >= 11 is 3.23. The summed E-state index contributed by atoms with van der Waals surface area (Å²) in [6.45, 7) is 19.0. The van der Waals surface area contributed by atoms with Crippen molar-refractivity contribution in [2.75, 3.05) is 5.33 Å². The van der Waals surface area contributed by atoms with Crippen molar-refractivity contribution in [1.29, 1.82) is 5.26 Å². The van der Waals surface area contributed by atoms with Gasteiger partial charge in [0.25, 0.3) is 0 Å². The minimum absolute atomic E-state index is 0.0953. The van der Waals surface area contributed by atoms with Crippen molar-refractivity contribution in [3.63, 3.8) is 0 Å². The van der Waals surface area contributed by atoms with Gasteiger partial charge < -0.3 is 9.47 Å². The summed E-state index contributed by atoms with van der Waals surface area (Å²) in [4.78, 5) is 23.5. The molecule has 0 saturated carbocycles. The van der Waals surface area contributed by atoms with Gasteiger partial charge >= 0.3 is 0 Å². The number of hydrogen-bond acceptors (Lipinski definition) is 5. The lowest BCUT2D eigenvalue weighted by atomic mass is 9.99. The Hall–Kier alpha value is -4.21. The number of halogens is 1. The molecule has 0 saturated heterocycles. The predicted molar refractivity (Wildman–Crippen MR) is 183 cm³/mol. The van der Waals surface area contributed by atoms with Crippen LogP contribution in [0.3, 0.4) is 0 Å². The zero-order valence-electron chi connectivity index (χ0n) is 27.4. The fourth-order valence-corrected chi connectivity index (χ4v) is 5.56. The maximum Gasteiger partial charge on any atom is 0.173 e. The molecule has 5 nitrogen and oxygen atoms in total. The molecule has 4 aromatic carbocycles. The van der Waals surface area contributed by atoms with Crippen LogP contribution in [-0.2, 0) is 0 Å². The highest BCUT2D eigenvalue weighted by atomic mass is 79.9. The molecule has 0 fully saturated rings. The van der Waals surface area contributed by atoms with Gasteiger partial charge in [0.1, 0.15) is 23.0 Å². The highest BCUT2D eigenvalue weighted by molar-refractivity contribution is 9.09. The molecule has 4 rings (SSSR count). The Kier molecular flexibility index (Phi) is 13.6. The largest absolute Gasteiger partial charge is 0.457 e. The molecule has 0 aliphatic rings. The first-order chi connectivity index (χ1) is 20.7. The summed E-state index contributed by atoms with van der Waals surface area (Å²) in [7, 11) is 0. The van der Waals surface area contributed by atoms with Crippen LogP contribution in [0.25, 0.3) is 0 Å². The lowest BCUT2D eigenvalue weighted by Crippen LogP contribution is -2.06. The van der Waals surface area contributed by atoms with Crippen molar-refractivity contribution in [1.82, 2.24) is 0 Å². The Morgan fingerprint density at radius 2 is 0.864 bits per heavy atom. The van der Waals surface area contributed by atoms with Crippen LogP contribution >= 0.6 is 15.9 Å². The lowest BCUT2D eigenvalue weighted by molar-refractivity contribution is 0.101. The summed E-state index contributed by atoms with van der Waals surface area (Å²) in [6.07, 6.45) is 0. The second-order valence-electron chi connectivity index (χ2n) is 11.1. The number of Topliss-reactive ketones (excluding diaryl/α,β-unsaturated/α-hetero) is 2. The molecule has 0 amide bonds. The molecule has 0 atom stereocenters. The average Bonchev–Trinajstić information content (AvgIpc) is 2.87. The van der Waals surface area contributed by atoms with Gasteiger partial charge in [-0.05, 0) is 155 Å². The van der Waals surface area contributed by atoms with Crippen molar-refractivity contribution in [3.05, 3.63) is 116 Å². The number of ketones is 2.